The van der Waals surface area contributed by atoms with Gasteiger partial charge in [-0.15, -0.1) is 11.3 Å². The largest absolute Gasteiger partial charge is 0.359 e. The fraction of sp³-hybridized carbons (Fsp3) is 0.208. The smallest absolute Gasteiger partial charge is 0.295 e. The van der Waals surface area contributed by atoms with Crippen molar-refractivity contribution in [1.29, 1.82) is 0 Å². The lowest BCUT2D eigenvalue weighted by Crippen LogP contribution is -2.56. The first kappa shape index (κ1) is 21.0. The Bertz CT molecular complexity index is 1330. The second-order valence-corrected chi connectivity index (χ2v) is 8.81. The van der Waals surface area contributed by atoms with Crippen molar-refractivity contribution in [2.75, 3.05) is 19.6 Å². The van der Waals surface area contributed by atoms with E-state index in [1.54, 1.807) is 34.3 Å². The maximum absolute atomic E-state index is 13.2. The normalized spacial score (nSPS) is 16.2. The summed E-state index contributed by atoms with van der Waals surface area (Å²) in [5, 5.41) is 2.69. The molecule has 0 saturated carbocycles. The number of hydrogen-bond donors (Lipinski definition) is 1. The average Bonchev–Trinajstić information content (AvgIpc) is 3.53. The summed E-state index contributed by atoms with van der Waals surface area (Å²) in [7, 11) is 0. The number of amides is 2. The highest BCUT2D eigenvalue weighted by molar-refractivity contribution is 7.13. The van der Waals surface area contributed by atoms with E-state index in [9.17, 15) is 14.4 Å². The van der Waals surface area contributed by atoms with Crippen LogP contribution in [0.4, 0.5) is 0 Å². The number of Topliss-reactive ketones (excluding diaryl/α,β-unsaturated/α-hetero) is 1. The number of thiazole rings is 1. The standard InChI is InChI=1S/C24H21N5O3S/c1-15-14-28(23(31)16-5-3-2-4-6-16)10-11-29(15)24(32)21(30)18-13-27-19-17(7-8-25-20(18)19)22-26-9-12-33-22/h2-9,12-13,15,27H,10-11,14H2,1H3. The predicted octanol–water partition coefficient (Wildman–Crippen LogP) is 3.24. The molecule has 1 atom stereocenters. The zero-order chi connectivity index (χ0) is 22.9. The zero-order valence-corrected chi connectivity index (χ0v) is 18.7. The van der Waals surface area contributed by atoms with E-state index in [1.807, 2.05) is 36.6 Å². The van der Waals surface area contributed by atoms with E-state index in [0.717, 1.165) is 10.6 Å². The number of fused-ring (bicyclic) bond motifs is 1. The summed E-state index contributed by atoms with van der Waals surface area (Å²) in [6.07, 6.45) is 4.87. The molecule has 0 aliphatic carbocycles. The number of piperazine rings is 1. The topological polar surface area (TPSA) is 99.3 Å². The van der Waals surface area contributed by atoms with Crippen LogP contribution >= 0.6 is 11.3 Å². The summed E-state index contributed by atoms with van der Waals surface area (Å²) < 4.78 is 0. The fourth-order valence-electron chi connectivity index (χ4n) is 4.19. The van der Waals surface area contributed by atoms with Gasteiger partial charge in [0.25, 0.3) is 17.6 Å². The van der Waals surface area contributed by atoms with Crippen LogP contribution in [-0.4, -0.2) is 68.0 Å². The number of H-pyrrole nitrogens is 1. The minimum absolute atomic E-state index is 0.0728. The molecule has 1 N–H and O–H groups in total. The summed E-state index contributed by atoms with van der Waals surface area (Å²) in [5.41, 5.74) is 2.81. The Balaban J connectivity index is 1.34. The Kier molecular flexibility index (Phi) is 5.47. The fourth-order valence-corrected chi connectivity index (χ4v) is 4.85. The van der Waals surface area contributed by atoms with Gasteiger partial charge in [0.1, 0.15) is 5.01 Å². The molecule has 5 rings (SSSR count). The van der Waals surface area contributed by atoms with Crippen LogP contribution in [-0.2, 0) is 4.79 Å². The summed E-state index contributed by atoms with van der Waals surface area (Å²) in [6.45, 7) is 2.89. The second-order valence-electron chi connectivity index (χ2n) is 7.92. The summed E-state index contributed by atoms with van der Waals surface area (Å²) in [4.78, 5) is 54.1. The molecule has 4 aromatic rings. The number of ketones is 1. The first-order valence-electron chi connectivity index (χ1n) is 10.6. The van der Waals surface area contributed by atoms with E-state index in [0.29, 0.717) is 36.2 Å². The molecule has 1 fully saturated rings. The van der Waals surface area contributed by atoms with Crippen molar-refractivity contribution < 1.29 is 14.4 Å². The van der Waals surface area contributed by atoms with Crippen LogP contribution in [0.1, 0.15) is 27.6 Å². The van der Waals surface area contributed by atoms with Crippen LogP contribution in [0.15, 0.2) is 60.4 Å². The molecular weight excluding hydrogens is 438 g/mol. The van der Waals surface area contributed by atoms with Crippen LogP contribution in [0, 0.1) is 0 Å². The van der Waals surface area contributed by atoms with Crippen LogP contribution in [0.3, 0.4) is 0 Å². The summed E-state index contributed by atoms with van der Waals surface area (Å²) in [6, 6.07) is 10.6. The quantitative estimate of drug-likeness (QED) is 0.373. The Morgan fingerprint density at radius 1 is 1.06 bits per heavy atom. The van der Waals surface area contributed by atoms with Crippen LogP contribution < -0.4 is 0 Å². The Hall–Kier alpha value is -3.85. The van der Waals surface area contributed by atoms with Crippen LogP contribution in [0.25, 0.3) is 21.6 Å². The predicted molar refractivity (Wildman–Crippen MR) is 125 cm³/mol. The van der Waals surface area contributed by atoms with Crippen molar-refractivity contribution in [2.24, 2.45) is 0 Å². The van der Waals surface area contributed by atoms with Gasteiger partial charge in [-0.05, 0) is 25.1 Å². The van der Waals surface area contributed by atoms with Crippen molar-refractivity contribution in [3.8, 4) is 10.6 Å². The summed E-state index contributed by atoms with van der Waals surface area (Å²) in [5.74, 6) is -1.27. The zero-order valence-electron chi connectivity index (χ0n) is 17.9. The number of nitrogens with zero attached hydrogens (tertiary/aromatic N) is 4. The lowest BCUT2D eigenvalue weighted by molar-refractivity contribution is -0.130. The van der Waals surface area contributed by atoms with Crippen molar-refractivity contribution in [2.45, 2.75) is 13.0 Å². The van der Waals surface area contributed by atoms with Gasteiger partial charge >= 0.3 is 0 Å². The Labute approximate surface area is 193 Å². The van der Waals surface area contributed by atoms with E-state index < -0.39 is 11.7 Å². The third-order valence-electron chi connectivity index (χ3n) is 5.86. The average molecular weight is 460 g/mol. The van der Waals surface area contributed by atoms with E-state index >= 15 is 0 Å². The number of benzene rings is 1. The molecule has 1 unspecified atom stereocenters. The van der Waals surface area contributed by atoms with Crippen molar-refractivity contribution in [3.05, 3.63) is 71.5 Å². The van der Waals surface area contributed by atoms with E-state index in [2.05, 4.69) is 15.0 Å². The van der Waals surface area contributed by atoms with E-state index in [1.165, 1.54) is 17.5 Å². The minimum atomic E-state index is -0.611. The van der Waals surface area contributed by atoms with Gasteiger partial charge in [-0.2, -0.15) is 0 Å². The second kappa shape index (κ2) is 8.59. The first-order chi connectivity index (χ1) is 16.0. The molecule has 4 heterocycles. The van der Waals surface area contributed by atoms with E-state index in [-0.39, 0.29) is 17.5 Å². The van der Waals surface area contributed by atoms with Gasteiger partial charge in [-0.3, -0.25) is 19.4 Å². The molecule has 3 aromatic heterocycles. The van der Waals surface area contributed by atoms with Gasteiger partial charge in [0.2, 0.25) is 0 Å². The monoisotopic (exact) mass is 459 g/mol. The van der Waals surface area contributed by atoms with Gasteiger partial charge < -0.3 is 14.8 Å². The molecule has 0 radical (unpaired) electrons. The maximum Gasteiger partial charge on any atom is 0.295 e. The van der Waals surface area contributed by atoms with Crippen LogP contribution in [0.2, 0.25) is 0 Å². The molecule has 8 nitrogen and oxygen atoms in total. The molecule has 9 heteroatoms. The molecule has 1 aliphatic heterocycles. The minimum Gasteiger partial charge on any atom is -0.359 e. The number of aromatic amines is 1. The Morgan fingerprint density at radius 3 is 2.61 bits per heavy atom. The van der Waals surface area contributed by atoms with Gasteiger partial charge in [0.05, 0.1) is 16.6 Å². The highest BCUT2D eigenvalue weighted by atomic mass is 32.1. The van der Waals surface area contributed by atoms with Crippen molar-refractivity contribution in [3.63, 3.8) is 0 Å². The number of nitrogens with one attached hydrogen (secondary N) is 1. The number of hydrogen-bond acceptors (Lipinski definition) is 6. The third-order valence-corrected chi connectivity index (χ3v) is 6.67. The number of carbonyl (C=O) groups excluding carboxylic acids is 3. The third kappa shape index (κ3) is 3.80. The number of aromatic nitrogens is 3. The maximum atomic E-state index is 13.2. The molecule has 0 spiro atoms. The number of pyridine rings is 1. The summed E-state index contributed by atoms with van der Waals surface area (Å²) >= 11 is 1.49. The number of carbonyl (C=O) groups is 3. The lowest BCUT2D eigenvalue weighted by atomic mass is 10.1. The first-order valence-corrected chi connectivity index (χ1v) is 11.5. The van der Waals surface area contributed by atoms with Gasteiger partial charge in [-0.25, -0.2) is 4.98 Å². The lowest BCUT2D eigenvalue weighted by Gasteiger charge is -2.39. The molecule has 1 aromatic carbocycles. The SMILES string of the molecule is CC1CN(C(=O)c2ccccc2)CCN1C(=O)C(=O)c1c[nH]c2c(-c3nccs3)ccnc12. The molecule has 166 valence electrons. The highest BCUT2D eigenvalue weighted by Gasteiger charge is 2.34. The van der Waals surface area contributed by atoms with Crippen LogP contribution in [0.5, 0.6) is 0 Å². The number of rotatable bonds is 4. The van der Waals surface area contributed by atoms with Gasteiger partial charge in [-0.1, -0.05) is 18.2 Å². The molecule has 1 saturated heterocycles. The molecule has 2 amide bonds. The van der Waals surface area contributed by atoms with Crippen molar-refractivity contribution >= 4 is 40.0 Å². The Morgan fingerprint density at radius 2 is 1.88 bits per heavy atom. The van der Waals surface area contributed by atoms with Crippen molar-refractivity contribution in [1.82, 2.24) is 24.8 Å². The molecule has 1 aliphatic rings. The molecular formula is C24H21N5O3S. The van der Waals surface area contributed by atoms with Gasteiger partial charge in [0.15, 0.2) is 0 Å². The highest BCUT2D eigenvalue weighted by Crippen LogP contribution is 2.30. The van der Waals surface area contributed by atoms with Gasteiger partial charge in [0, 0.05) is 60.8 Å². The van der Waals surface area contributed by atoms with E-state index in [4.69, 9.17) is 0 Å². The molecule has 0 bridgehead atoms. The molecule has 33 heavy (non-hydrogen) atoms.